The number of hydrogen-bond donors (Lipinski definition) is 0. The van der Waals surface area contributed by atoms with E-state index in [1.165, 1.54) is 50.3 Å². The van der Waals surface area contributed by atoms with Gasteiger partial charge in [0.25, 0.3) is 0 Å². The number of quaternary nitrogens is 1. The third-order valence-corrected chi connectivity index (χ3v) is 3.34. The monoisotopic (exact) mass is 156 g/mol. The lowest BCUT2D eigenvalue weighted by atomic mass is 10.1. The number of piperazine rings is 3. The molecular formula is C9H20N2. The minimum atomic E-state index is 0. The Morgan fingerprint density at radius 1 is 1.09 bits per heavy atom. The molecule has 66 valence electrons. The van der Waals surface area contributed by atoms with Crippen LogP contribution in [0.4, 0.5) is 0 Å². The number of fused-ring (bicyclic) bond motifs is 3. The highest BCUT2D eigenvalue weighted by Crippen LogP contribution is 2.18. The fraction of sp³-hybridized carbons (Fsp3) is 0.889. The SMILES string of the molecule is CC[N+]12CCN(CC1)CC2.[CH3-]. The number of nitrogens with zero attached hydrogens (tertiary/aromatic N) is 2. The number of hydrogen-bond acceptors (Lipinski definition) is 1. The molecule has 0 radical (unpaired) electrons. The molecule has 0 N–H and O–H groups in total. The molecule has 3 heterocycles. The summed E-state index contributed by atoms with van der Waals surface area (Å²) in [6.45, 7) is 12.0. The van der Waals surface area contributed by atoms with Crippen LogP contribution < -0.4 is 0 Å². The first-order valence-corrected chi connectivity index (χ1v) is 4.42. The van der Waals surface area contributed by atoms with E-state index in [1.807, 2.05) is 0 Å². The average molecular weight is 156 g/mol. The number of likely N-dealkylation sites (N-methyl/N-ethyl adjacent to an activating group) is 1. The molecule has 3 rings (SSSR count). The molecule has 0 aromatic carbocycles. The standard InChI is InChI=1S/C8H17N2.CH3/c1-2-10-6-3-9(4-7-10)5-8-10;/h2-8H2,1H3;1H3/q+1;-1. The molecule has 3 saturated heterocycles. The first-order chi connectivity index (χ1) is 4.85. The van der Waals surface area contributed by atoms with Crippen molar-refractivity contribution in [1.82, 2.24) is 4.90 Å². The summed E-state index contributed by atoms with van der Waals surface area (Å²) in [6, 6.07) is 0. The molecule has 2 nitrogen and oxygen atoms in total. The molecule has 3 aliphatic heterocycles. The van der Waals surface area contributed by atoms with Crippen LogP contribution in [0.3, 0.4) is 0 Å². The Labute approximate surface area is 70.4 Å². The van der Waals surface area contributed by atoms with Crippen LogP contribution in [0, 0.1) is 7.43 Å². The largest absolute Gasteiger partial charge is 0.358 e. The van der Waals surface area contributed by atoms with E-state index in [9.17, 15) is 0 Å². The third-order valence-electron chi connectivity index (χ3n) is 3.34. The molecular weight excluding hydrogens is 136 g/mol. The van der Waals surface area contributed by atoms with E-state index in [-0.39, 0.29) is 7.43 Å². The second-order valence-electron chi connectivity index (χ2n) is 3.67. The van der Waals surface area contributed by atoms with Gasteiger partial charge in [-0.2, -0.15) is 0 Å². The summed E-state index contributed by atoms with van der Waals surface area (Å²) in [7, 11) is 0. The van der Waals surface area contributed by atoms with Gasteiger partial charge in [-0.3, -0.25) is 4.90 Å². The minimum Gasteiger partial charge on any atom is -0.358 e. The fourth-order valence-corrected chi connectivity index (χ4v) is 2.21. The van der Waals surface area contributed by atoms with Crippen molar-refractivity contribution >= 4 is 0 Å². The lowest BCUT2D eigenvalue weighted by Gasteiger charge is -2.50. The van der Waals surface area contributed by atoms with Gasteiger partial charge in [0.1, 0.15) is 0 Å². The molecule has 3 fully saturated rings. The molecule has 0 atom stereocenters. The Morgan fingerprint density at radius 3 is 1.82 bits per heavy atom. The van der Waals surface area contributed by atoms with Crippen molar-refractivity contribution in [2.75, 3.05) is 45.8 Å². The molecule has 11 heavy (non-hydrogen) atoms. The molecule has 0 saturated carbocycles. The molecule has 0 amide bonds. The van der Waals surface area contributed by atoms with Crippen LogP contribution in [0.2, 0.25) is 0 Å². The fourth-order valence-electron chi connectivity index (χ4n) is 2.21. The van der Waals surface area contributed by atoms with Crippen molar-refractivity contribution in [1.29, 1.82) is 0 Å². The Bertz CT molecular complexity index is 112. The van der Waals surface area contributed by atoms with Crippen molar-refractivity contribution in [3.63, 3.8) is 0 Å². The predicted molar refractivity (Wildman–Crippen MR) is 48.3 cm³/mol. The van der Waals surface area contributed by atoms with Crippen LogP contribution in [-0.2, 0) is 0 Å². The second-order valence-corrected chi connectivity index (χ2v) is 3.67. The van der Waals surface area contributed by atoms with Crippen LogP contribution in [0.25, 0.3) is 0 Å². The molecule has 0 aromatic rings. The van der Waals surface area contributed by atoms with Gasteiger partial charge < -0.3 is 11.9 Å². The van der Waals surface area contributed by atoms with Crippen molar-refractivity contribution in [3.8, 4) is 0 Å². The van der Waals surface area contributed by atoms with Crippen molar-refractivity contribution in [3.05, 3.63) is 7.43 Å². The predicted octanol–water partition coefficient (Wildman–Crippen LogP) is 0.603. The van der Waals surface area contributed by atoms with Gasteiger partial charge in [0.05, 0.1) is 26.2 Å². The summed E-state index contributed by atoms with van der Waals surface area (Å²) in [4.78, 5) is 2.59. The summed E-state index contributed by atoms with van der Waals surface area (Å²) in [5.74, 6) is 0. The van der Waals surface area contributed by atoms with Gasteiger partial charge >= 0.3 is 0 Å². The third kappa shape index (κ3) is 1.42. The van der Waals surface area contributed by atoms with E-state index in [4.69, 9.17) is 0 Å². The Kier molecular flexibility index (Phi) is 2.55. The van der Waals surface area contributed by atoms with Crippen LogP contribution in [-0.4, -0.2) is 55.2 Å². The van der Waals surface area contributed by atoms with Crippen LogP contribution in [0.15, 0.2) is 0 Å². The summed E-state index contributed by atoms with van der Waals surface area (Å²) in [6.07, 6.45) is 0. The Morgan fingerprint density at radius 2 is 1.55 bits per heavy atom. The summed E-state index contributed by atoms with van der Waals surface area (Å²) < 4.78 is 1.41. The molecule has 2 bridgehead atoms. The molecule has 0 aliphatic carbocycles. The van der Waals surface area contributed by atoms with Gasteiger partial charge in [0.2, 0.25) is 0 Å². The lowest BCUT2D eigenvalue weighted by molar-refractivity contribution is -0.939. The highest BCUT2D eigenvalue weighted by Gasteiger charge is 2.36. The highest BCUT2D eigenvalue weighted by atomic mass is 15.4. The second kappa shape index (κ2) is 3.11. The van der Waals surface area contributed by atoms with Gasteiger partial charge in [-0.25, -0.2) is 0 Å². The van der Waals surface area contributed by atoms with Gasteiger partial charge in [-0.15, -0.1) is 0 Å². The topological polar surface area (TPSA) is 3.24 Å². The highest BCUT2D eigenvalue weighted by molar-refractivity contribution is 4.69. The van der Waals surface area contributed by atoms with Gasteiger partial charge in [0.15, 0.2) is 0 Å². The van der Waals surface area contributed by atoms with E-state index in [0.717, 1.165) is 0 Å². The normalized spacial score (nSPS) is 41.7. The van der Waals surface area contributed by atoms with Crippen molar-refractivity contribution < 1.29 is 4.48 Å². The van der Waals surface area contributed by atoms with E-state index in [0.29, 0.717) is 0 Å². The van der Waals surface area contributed by atoms with Crippen molar-refractivity contribution in [2.24, 2.45) is 0 Å². The first-order valence-electron chi connectivity index (χ1n) is 4.42. The van der Waals surface area contributed by atoms with Crippen LogP contribution in [0.1, 0.15) is 6.92 Å². The van der Waals surface area contributed by atoms with E-state index < -0.39 is 0 Å². The zero-order valence-corrected chi connectivity index (χ0v) is 7.84. The van der Waals surface area contributed by atoms with E-state index >= 15 is 0 Å². The first kappa shape index (κ1) is 9.01. The van der Waals surface area contributed by atoms with Gasteiger partial charge in [-0.1, -0.05) is 0 Å². The van der Waals surface area contributed by atoms with Gasteiger partial charge in [0, 0.05) is 19.6 Å². The van der Waals surface area contributed by atoms with E-state index in [2.05, 4.69) is 11.8 Å². The van der Waals surface area contributed by atoms with Crippen LogP contribution in [0.5, 0.6) is 0 Å². The Balaban J connectivity index is 0.000000605. The minimum absolute atomic E-state index is 0. The summed E-state index contributed by atoms with van der Waals surface area (Å²) in [5, 5.41) is 0. The molecule has 2 heteroatoms. The maximum Gasteiger partial charge on any atom is 0.0916 e. The summed E-state index contributed by atoms with van der Waals surface area (Å²) in [5.41, 5.74) is 0. The maximum absolute atomic E-state index is 2.59. The van der Waals surface area contributed by atoms with Gasteiger partial charge in [-0.05, 0) is 6.92 Å². The summed E-state index contributed by atoms with van der Waals surface area (Å²) >= 11 is 0. The maximum atomic E-state index is 2.59. The van der Waals surface area contributed by atoms with E-state index in [1.54, 1.807) is 0 Å². The molecule has 3 aliphatic rings. The molecule has 0 aromatic heterocycles. The zero-order chi connectivity index (χ0) is 7.03. The zero-order valence-electron chi connectivity index (χ0n) is 7.84. The lowest BCUT2D eigenvalue weighted by Crippen LogP contribution is -2.67. The Hall–Kier alpha value is -0.0800. The smallest absolute Gasteiger partial charge is 0.0916 e. The number of rotatable bonds is 1. The quantitative estimate of drug-likeness (QED) is 0.397. The van der Waals surface area contributed by atoms with Crippen LogP contribution >= 0.6 is 0 Å². The van der Waals surface area contributed by atoms with Crippen molar-refractivity contribution in [2.45, 2.75) is 6.92 Å². The molecule has 0 unspecified atom stereocenters. The molecule has 0 spiro atoms. The average Bonchev–Trinajstić information content (AvgIpc) is 2.08.